The Bertz CT molecular complexity index is 1920. The van der Waals surface area contributed by atoms with Crippen LogP contribution in [0.4, 0.5) is 0 Å². The van der Waals surface area contributed by atoms with Crippen LogP contribution in [0.15, 0.2) is 47.6 Å². The van der Waals surface area contributed by atoms with Gasteiger partial charge in [0, 0.05) is 45.4 Å². The fraction of sp³-hybridized carbons (Fsp3) is 0.768. The first kappa shape index (κ1) is 60.0. The smallest absolute Gasteiger partial charge is 0.329 e. The zero-order chi connectivity index (χ0) is 53.0. The van der Waals surface area contributed by atoms with Gasteiger partial charge in [-0.2, -0.15) is 0 Å². The summed E-state index contributed by atoms with van der Waals surface area (Å²) >= 11 is 0. The van der Waals surface area contributed by atoms with Crippen LogP contribution >= 0.6 is 0 Å². The number of hydrogen-bond acceptors (Lipinski definition) is 13. The molecule has 0 aromatic carbocycles. The minimum atomic E-state index is -2.54. The monoisotopic (exact) mass is 999 g/mol. The van der Waals surface area contributed by atoms with Gasteiger partial charge in [-0.15, -0.1) is 0 Å². The number of amides is 2. The summed E-state index contributed by atoms with van der Waals surface area (Å²) in [7, 11) is 3.02. The third kappa shape index (κ3) is 16.7. The maximum absolute atomic E-state index is 14.5. The number of aliphatic hydroxyl groups is 3. The molecule has 0 spiro atoms. The molecule has 2 bridgehead atoms. The van der Waals surface area contributed by atoms with E-state index in [0.29, 0.717) is 80.4 Å². The van der Waals surface area contributed by atoms with Crippen molar-refractivity contribution in [3.63, 3.8) is 0 Å². The molecule has 1 aliphatic carbocycles. The van der Waals surface area contributed by atoms with Gasteiger partial charge in [0.05, 0.1) is 24.4 Å². The molecule has 2 saturated heterocycles. The third-order valence-corrected chi connectivity index (χ3v) is 15.5. The van der Waals surface area contributed by atoms with Crippen LogP contribution in [0, 0.1) is 40.9 Å². The van der Waals surface area contributed by atoms with Gasteiger partial charge in [-0.1, -0.05) is 91.8 Å². The zero-order valence-electron chi connectivity index (χ0n) is 45.0. The van der Waals surface area contributed by atoms with Crippen LogP contribution in [-0.4, -0.2) is 135 Å². The molecule has 2 amide bonds. The minimum Gasteiger partial charge on any atom is -0.461 e. The lowest BCUT2D eigenvalue weighted by Gasteiger charge is -2.43. The standard InChI is InChI=1S/C56H90N2O13/c1-34-18-14-13-15-19-36(3)44(58(67)48(60)33-55(8,9)10)32-42-24-22-40(7)56(66,71-42)52(63)53(64)57-27-17-16-20-43(57)54(65)70-46(37(4)30-41-23-25-45(59)47(31-41)68-11)26-21-35(2)29-39(6)50(62)51(69-12)49(61)38(5)28-34/h13-15,18-19,29,34-35,37-38,40-47,50-51,59,62,66-67H,16-17,20-28,30-33H2,1-12H3/b15-13+,18-14+,36-19+,39-29+/t34-,35+,37-,38-,40-,41+,42+,43+,44+,45-,46+,47-,50-,51+,56-/m1/s1. The molecule has 4 N–H and O–H groups in total. The number of cyclic esters (lactones) is 1. The van der Waals surface area contributed by atoms with Crippen molar-refractivity contribution in [1.29, 1.82) is 0 Å². The molecule has 0 aromatic rings. The van der Waals surface area contributed by atoms with Gasteiger partial charge < -0.3 is 39.2 Å². The highest BCUT2D eigenvalue weighted by molar-refractivity contribution is 6.39. The molecule has 0 radical (unpaired) electrons. The van der Waals surface area contributed by atoms with Crippen molar-refractivity contribution in [2.75, 3.05) is 20.8 Å². The number of rotatable bonds is 7. The molecule has 3 heterocycles. The number of esters is 1. The Morgan fingerprint density at radius 1 is 0.873 bits per heavy atom. The van der Waals surface area contributed by atoms with Gasteiger partial charge in [-0.25, -0.2) is 9.86 Å². The van der Waals surface area contributed by atoms with Gasteiger partial charge in [0.1, 0.15) is 24.4 Å². The Hall–Kier alpha value is -3.57. The van der Waals surface area contributed by atoms with Gasteiger partial charge in [-0.05, 0) is 131 Å². The molecule has 3 fully saturated rings. The third-order valence-electron chi connectivity index (χ3n) is 15.5. The van der Waals surface area contributed by atoms with Crippen LogP contribution in [0.3, 0.4) is 0 Å². The van der Waals surface area contributed by atoms with Crippen LogP contribution in [0.5, 0.6) is 0 Å². The number of fused-ring (bicyclic) bond motifs is 3. The summed E-state index contributed by atoms with van der Waals surface area (Å²) in [6.07, 6.45) is 12.9. The molecule has 4 rings (SSSR count). The van der Waals surface area contributed by atoms with E-state index in [1.807, 2.05) is 72.8 Å². The van der Waals surface area contributed by atoms with E-state index in [1.54, 1.807) is 40.0 Å². The van der Waals surface area contributed by atoms with Crippen LogP contribution in [0.25, 0.3) is 0 Å². The largest absolute Gasteiger partial charge is 0.461 e. The summed E-state index contributed by atoms with van der Waals surface area (Å²) in [6.45, 7) is 18.8. The number of Topliss-reactive ketones (excluding diaryl/α,β-unsaturated/α-hetero) is 2. The summed E-state index contributed by atoms with van der Waals surface area (Å²) < 4.78 is 23.9. The SMILES string of the molecule is CO[C@@H]1C[C@H](C[C@@H](C)[C@@H]2CC[C@H](C)/C=C(\C)[C@@H](O)[C@@H](OC)C(=O)[C@H](C)C[C@H](C)/C=C/C=C/C=C(\C)[C@@H](N(O)C(=O)CC(C)(C)C)C[C@@H]3CC[C@@H](C)[C@@](O)(O3)C(=O)C(=O)N3CCCC[C@H]3C(=O)O2)CC[C@H]1O. The molecule has 15 atom stereocenters. The number of ether oxygens (including phenoxy) is 4. The quantitative estimate of drug-likeness (QED) is 0.0627. The van der Waals surface area contributed by atoms with Crippen molar-refractivity contribution in [2.24, 2.45) is 40.9 Å². The van der Waals surface area contributed by atoms with Gasteiger partial charge in [0.15, 0.2) is 5.78 Å². The predicted octanol–water partition coefficient (Wildman–Crippen LogP) is 8.01. The fourth-order valence-electron chi connectivity index (χ4n) is 11.0. The summed E-state index contributed by atoms with van der Waals surface area (Å²) in [4.78, 5) is 71.9. The number of ketones is 2. The Morgan fingerprint density at radius 2 is 1.58 bits per heavy atom. The second-order valence-corrected chi connectivity index (χ2v) is 23.0. The number of methoxy groups -OCH3 is 2. The van der Waals surface area contributed by atoms with E-state index in [0.717, 1.165) is 6.42 Å². The van der Waals surface area contributed by atoms with Crippen LogP contribution in [0.2, 0.25) is 0 Å². The normalized spacial score (nSPS) is 38.1. The molecule has 0 unspecified atom stereocenters. The Morgan fingerprint density at radius 3 is 2.24 bits per heavy atom. The summed E-state index contributed by atoms with van der Waals surface area (Å²) in [5.74, 6) is -7.41. The fourth-order valence-corrected chi connectivity index (χ4v) is 11.0. The molecular weight excluding hydrogens is 909 g/mol. The lowest BCUT2D eigenvalue weighted by molar-refractivity contribution is -0.266. The van der Waals surface area contributed by atoms with Crippen molar-refractivity contribution < 1.29 is 63.4 Å². The highest BCUT2D eigenvalue weighted by atomic mass is 16.6. The number of piperidine rings is 1. The molecule has 15 heteroatoms. The first-order valence-corrected chi connectivity index (χ1v) is 26.4. The molecule has 4 aliphatic rings. The second-order valence-electron chi connectivity index (χ2n) is 23.0. The van der Waals surface area contributed by atoms with Gasteiger partial charge in [0.25, 0.3) is 11.7 Å². The molecule has 0 aromatic heterocycles. The average Bonchev–Trinajstić information content (AvgIpc) is 3.31. The number of nitrogens with zero attached hydrogens (tertiary/aromatic N) is 2. The van der Waals surface area contributed by atoms with Crippen molar-refractivity contribution >= 4 is 29.4 Å². The number of allylic oxidation sites excluding steroid dienone is 6. The van der Waals surface area contributed by atoms with E-state index in [2.05, 4.69) is 0 Å². The van der Waals surface area contributed by atoms with Gasteiger partial charge in [-0.3, -0.25) is 24.4 Å². The van der Waals surface area contributed by atoms with Crippen molar-refractivity contribution in [1.82, 2.24) is 9.96 Å². The maximum Gasteiger partial charge on any atom is 0.329 e. The molecule has 15 nitrogen and oxygen atoms in total. The number of aliphatic hydroxyl groups excluding tert-OH is 2. The summed E-state index contributed by atoms with van der Waals surface area (Å²) in [6, 6.07) is -2.01. The topological polar surface area (TPSA) is 210 Å². The first-order valence-electron chi connectivity index (χ1n) is 26.4. The summed E-state index contributed by atoms with van der Waals surface area (Å²) in [5, 5.41) is 46.4. The van der Waals surface area contributed by atoms with Gasteiger partial charge in [0.2, 0.25) is 11.7 Å². The number of carbonyl (C=O) groups excluding carboxylic acids is 5. The van der Waals surface area contributed by atoms with E-state index < -0.39 is 89.2 Å². The maximum atomic E-state index is 14.5. The molecular formula is C56H90N2O13. The van der Waals surface area contributed by atoms with Crippen molar-refractivity contribution in [3.8, 4) is 0 Å². The highest BCUT2D eigenvalue weighted by Crippen LogP contribution is 2.38. The van der Waals surface area contributed by atoms with E-state index in [9.17, 15) is 44.5 Å². The highest BCUT2D eigenvalue weighted by Gasteiger charge is 2.53. The summed E-state index contributed by atoms with van der Waals surface area (Å²) in [5.41, 5.74) is 0.748. The van der Waals surface area contributed by atoms with E-state index in [1.165, 1.54) is 12.0 Å². The van der Waals surface area contributed by atoms with Crippen LogP contribution in [0.1, 0.15) is 159 Å². The van der Waals surface area contributed by atoms with Crippen molar-refractivity contribution in [3.05, 3.63) is 47.6 Å². The molecule has 402 valence electrons. The van der Waals surface area contributed by atoms with E-state index in [4.69, 9.17) is 18.9 Å². The Balaban J connectivity index is 1.73. The van der Waals surface area contributed by atoms with Crippen molar-refractivity contribution in [2.45, 2.75) is 214 Å². The lowest BCUT2D eigenvalue weighted by atomic mass is 9.78. The Kier molecular flexibility index (Phi) is 22.9. The first-order chi connectivity index (χ1) is 33.3. The molecule has 71 heavy (non-hydrogen) atoms. The van der Waals surface area contributed by atoms with E-state index in [-0.39, 0.29) is 61.4 Å². The zero-order valence-corrected chi connectivity index (χ0v) is 45.0. The number of hydroxylamine groups is 2. The van der Waals surface area contributed by atoms with Crippen LogP contribution < -0.4 is 0 Å². The Labute approximate surface area is 424 Å². The van der Waals surface area contributed by atoms with Crippen LogP contribution in [-0.2, 0) is 42.9 Å². The molecule has 1 saturated carbocycles. The average molecular weight is 999 g/mol. The molecule has 3 aliphatic heterocycles. The minimum absolute atomic E-state index is 0.00841. The number of carbonyl (C=O) groups is 5. The number of hydrogen-bond donors (Lipinski definition) is 4. The lowest BCUT2D eigenvalue weighted by Crippen LogP contribution is -2.61. The predicted molar refractivity (Wildman–Crippen MR) is 270 cm³/mol. The van der Waals surface area contributed by atoms with Gasteiger partial charge >= 0.3 is 5.97 Å². The van der Waals surface area contributed by atoms with E-state index >= 15 is 0 Å². The second kappa shape index (κ2) is 27.1.